The number of nitrogens with one attached hydrogen (secondary N) is 2. The van der Waals surface area contributed by atoms with Crippen LogP contribution in [0.5, 0.6) is 0 Å². The highest BCUT2D eigenvalue weighted by Gasteiger charge is 2.11. The van der Waals surface area contributed by atoms with E-state index in [2.05, 4.69) is 50.6 Å². The first-order chi connectivity index (χ1) is 13.2. The minimum atomic E-state index is 0.642. The smallest absolute Gasteiger partial charge is 0.229 e. The molecular formula is C22H33N5. The van der Waals surface area contributed by atoms with Crippen LogP contribution in [0.15, 0.2) is 24.3 Å². The molecule has 0 saturated carbocycles. The van der Waals surface area contributed by atoms with Gasteiger partial charge in [-0.3, -0.25) is 0 Å². The van der Waals surface area contributed by atoms with Crippen LogP contribution in [-0.4, -0.2) is 41.5 Å². The van der Waals surface area contributed by atoms with Crippen LogP contribution in [0.2, 0.25) is 0 Å². The number of rotatable bonds is 9. The highest BCUT2D eigenvalue weighted by atomic mass is 15.1. The molecule has 0 amide bonds. The maximum Gasteiger partial charge on any atom is 0.229 e. The number of nitrogens with zero attached hydrogens (tertiary/aromatic N) is 3. The van der Waals surface area contributed by atoms with Crippen molar-refractivity contribution >= 4 is 17.5 Å². The molecule has 2 aromatic rings. The second-order valence-electron chi connectivity index (χ2n) is 7.44. The number of likely N-dealkylation sites (tertiary alicyclic amines) is 1. The van der Waals surface area contributed by atoms with E-state index in [9.17, 15) is 0 Å². The zero-order valence-electron chi connectivity index (χ0n) is 17.0. The Morgan fingerprint density at radius 3 is 2.59 bits per heavy atom. The topological polar surface area (TPSA) is 53.1 Å². The maximum atomic E-state index is 4.50. The highest BCUT2D eigenvalue weighted by molar-refractivity contribution is 5.57. The zero-order chi connectivity index (χ0) is 19.1. The van der Waals surface area contributed by atoms with Crippen molar-refractivity contribution in [1.29, 1.82) is 0 Å². The van der Waals surface area contributed by atoms with Gasteiger partial charge in [0, 0.05) is 24.5 Å². The first-order valence-corrected chi connectivity index (χ1v) is 10.3. The second-order valence-corrected chi connectivity index (χ2v) is 7.44. The Hall–Kier alpha value is -2.14. The SMILES string of the molecule is CCc1ccc(Nc2nc(C)cc(NC)n2)cc1CCCCN1CCCC1. The lowest BCUT2D eigenvalue weighted by Crippen LogP contribution is -2.20. The average molecular weight is 368 g/mol. The van der Waals surface area contributed by atoms with E-state index in [1.54, 1.807) is 0 Å². The molecular weight excluding hydrogens is 334 g/mol. The van der Waals surface area contributed by atoms with Crippen LogP contribution in [0.25, 0.3) is 0 Å². The van der Waals surface area contributed by atoms with Crippen molar-refractivity contribution in [3.8, 4) is 0 Å². The molecule has 1 fully saturated rings. The molecule has 0 spiro atoms. The lowest BCUT2D eigenvalue weighted by molar-refractivity contribution is 0.330. The molecule has 0 atom stereocenters. The fraction of sp³-hybridized carbons (Fsp3) is 0.545. The van der Waals surface area contributed by atoms with E-state index in [1.165, 1.54) is 56.4 Å². The molecule has 0 unspecified atom stereocenters. The summed E-state index contributed by atoms with van der Waals surface area (Å²) in [7, 11) is 1.88. The van der Waals surface area contributed by atoms with Gasteiger partial charge in [0.05, 0.1) is 0 Å². The first-order valence-electron chi connectivity index (χ1n) is 10.3. The average Bonchev–Trinajstić information content (AvgIpc) is 3.18. The van der Waals surface area contributed by atoms with Crippen molar-refractivity contribution in [3.63, 3.8) is 0 Å². The van der Waals surface area contributed by atoms with E-state index >= 15 is 0 Å². The highest BCUT2D eigenvalue weighted by Crippen LogP contribution is 2.22. The van der Waals surface area contributed by atoms with Crippen LogP contribution in [0.3, 0.4) is 0 Å². The number of aromatic nitrogens is 2. The third kappa shape index (κ3) is 5.67. The van der Waals surface area contributed by atoms with E-state index in [-0.39, 0.29) is 0 Å². The molecule has 1 aliphatic heterocycles. The Morgan fingerprint density at radius 2 is 1.85 bits per heavy atom. The molecule has 0 aliphatic carbocycles. The molecule has 1 aliphatic rings. The first kappa shape index (κ1) is 19.6. The Balaban J connectivity index is 1.62. The van der Waals surface area contributed by atoms with E-state index in [0.717, 1.165) is 30.0 Å². The fourth-order valence-electron chi connectivity index (χ4n) is 3.82. The van der Waals surface area contributed by atoms with Crippen LogP contribution < -0.4 is 10.6 Å². The van der Waals surface area contributed by atoms with Crippen molar-refractivity contribution in [2.24, 2.45) is 0 Å². The Labute approximate surface area is 163 Å². The van der Waals surface area contributed by atoms with Gasteiger partial charge < -0.3 is 15.5 Å². The third-order valence-electron chi connectivity index (χ3n) is 5.32. The van der Waals surface area contributed by atoms with Crippen LogP contribution in [0.4, 0.5) is 17.5 Å². The third-order valence-corrected chi connectivity index (χ3v) is 5.32. The summed E-state index contributed by atoms with van der Waals surface area (Å²) in [6, 6.07) is 8.60. The van der Waals surface area contributed by atoms with Crippen molar-refractivity contribution in [1.82, 2.24) is 14.9 Å². The van der Waals surface area contributed by atoms with Crippen molar-refractivity contribution in [2.75, 3.05) is 37.3 Å². The van der Waals surface area contributed by atoms with Crippen LogP contribution in [-0.2, 0) is 12.8 Å². The predicted octanol–water partition coefficient (Wildman–Crippen LogP) is 4.55. The van der Waals surface area contributed by atoms with Crippen LogP contribution in [0, 0.1) is 6.92 Å². The molecule has 1 aromatic carbocycles. The summed E-state index contributed by atoms with van der Waals surface area (Å²) >= 11 is 0. The van der Waals surface area contributed by atoms with Gasteiger partial charge in [0.25, 0.3) is 0 Å². The number of benzene rings is 1. The summed E-state index contributed by atoms with van der Waals surface area (Å²) in [4.78, 5) is 11.6. The van der Waals surface area contributed by atoms with Gasteiger partial charge in [-0.25, -0.2) is 4.98 Å². The van der Waals surface area contributed by atoms with Crippen molar-refractivity contribution < 1.29 is 0 Å². The normalized spacial score (nSPS) is 14.5. The summed E-state index contributed by atoms with van der Waals surface area (Å²) < 4.78 is 0. The number of aryl methyl sites for hydroxylation is 3. The largest absolute Gasteiger partial charge is 0.373 e. The number of unbranched alkanes of at least 4 members (excludes halogenated alkanes) is 1. The summed E-state index contributed by atoms with van der Waals surface area (Å²) in [6.45, 7) is 8.07. The zero-order valence-corrected chi connectivity index (χ0v) is 17.0. The molecule has 0 bridgehead atoms. The Morgan fingerprint density at radius 1 is 1.04 bits per heavy atom. The molecule has 5 heteroatoms. The van der Waals surface area contributed by atoms with Gasteiger partial charge in [-0.1, -0.05) is 13.0 Å². The lowest BCUT2D eigenvalue weighted by atomic mass is 9.99. The minimum Gasteiger partial charge on any atom is -0.373 e. The summed E-state index contributed by atoms with van der Waals surface area (Å²) in [5.41, 5.74) is 4.91. The predicted molar refractivity (Wildman–Crippen MR) is 114 cm³/mol. The maximum absolute atomic E-state index is 4.50. The monoisotopic (exact) mass is 367 g/mol. The number of hydrogen-bond donors (Lipinski definition) is 2. The Bertz CT molecular complexity index is 737. The minimum absolute atomic E-state index is 0.642. The van der Waals surface area contributed by atoms with Gasteiger partial charge in [-0.05, 0) is 88.3 Å². The lowest BCUT2D eigenvalue weighted by Gasteiger charge is -2.15. The fourth-order valence-corrected chi connectivity index (χ4v) is 3.82. The molecule has 3 rings (SSSR count). The summed E-state index contributed by atoms with van der Waals surface area (Å²) in [5.74, 6) is 1.47. The van der Waals surface area contributed by atoms with Crippen molar-refractivity contribution in [2.45, 2.75) is 52.4 Å². The quantitative estimate of drug-likeness (QED) is 0.637. The molecule has 1 aromatic heterocycles. The number of hydrogen-bond acceptors (Lipinski definition) is 5. The summed E-state index contributed by atoms with van der Waals surface area (Å²) in [6.07, 6.45) is 7.51. The molecule has 27 heavy (non-hydrogen) atoms. The van der Waals surface area contributed by atoms with Gasteiger partial charge >= 0.3 is 0 Å². The molecule has 1 saturated heterocycles. The van der Waals surface area contributed by atoms with Crippen molar-refractivity contribution in [3.05, 3.63) is 41.1 Å². The number of anilines is 3. The molecule has 2 N–H and O–H groups in total. The van der Waals surface area contributed by atoms with Crippen LogP contribution in [0.1, 0.15) is 49.4 Å². The molecule has 0 radical (unpaired) electrons. The van der Waals surface area contributed by atoms with Gasteiger partial charge in [0.1, 0.15) is 5.82 Å². The van der Waals surface area contributed by atoms with Crippen LogP contribution >= 0.6 is 0 Å². The standard InChI is InChI=1S/C22H33N5/c1-4-18-10-11-20(25-22-24-17(2)15-21(23-3)26-22)16-19(18)9-5-6-12-27-13-7-8-14-27/h10-11,15-16H,4-9,12-14H2,1-3H3,(H2,23,24,25,26). The van der Waals surface area contributed by atoms with E-state index in [4.69, 9.17) is 0 Å². The molecule has 2 heterocycles. The van der Waals surface area contributed by atoms with Gasteiger partial charge in [0.15, 0.2) is 0 Å². The van der Waals surface area contributed by atoms with Gasteiger partial charge in [-0.2, -0.15) is 4.98 Å². The van der Waals surface area contributed by atoms with E-state index < -0.39 is 0 Å². The summed E-state index contributed by atoms with van der Waals surface area (Å²) in [5, 5.41) is 6.46. The van der Waals surface area contributed by atoms with Gasteiger partial charge in [-0.15, -0.1) is 0 Å². The second kappa shape index (κ2) is 9.70. The van der Waals surface area contributed by atoms with E-state index in [1.807, 2.05) is 20.0 Å². The molecule has 5 nitrogen and oxygen atoms in total. The Kier molecular flexibility index (Phi) is 7.04. The van der Waals surface area contributed by atoms with E-state index in [0.29, 0.717) is 5.95 Å². The molecule has 146 valence electrons. The van der Waals surface area contributed by atoms with Gasteiger partial charge in [0.2, 0.25) is 5.95 Å².